The normalized spacial score (nSPS) is 11.8. The number of thiol groups is 1. The summed E-state index contributed by atoms with van der Waals surface area (Å²) < 4.78 is 26.4. The van der Waals surface area contributed by atoms with Crippen LogP contribution in [0.5, 0.6) is 0 Å². The molecular weight excluding hydrogens is 194 g/mol. The average Bonchev–Trinajstić information content (AvgIpc) is 1.95. The van der Waals surface area contributed by atoms with Crippen LogP contribution in [0.3, 0.4) is 0 Å². The van der Waals surface area contributed by atoms with Crippen molar-refractivity contribution in [2.24, 2.45) is 0 Å². The van der Waals surface area contributed by atoms with Crippen molar-refractivity contribution in [3.05, 3.63) is 29.3 Å². The summed E-state index contributed by atoms with van der Waals surface area (Å²) in [6.45, 7) is 2.64. The first kappa shape index (κ1) is 10.5. The molecule has 0 unspecified atom stereocenters. The van der Waals surface area contributed by atoms with Gasteiger partial charge in [0.1, 0.15) is 11.6 Å². The molecule has 0 aliphatic heterocycles. The van der Waals surface area contributed by atoms with Gasteiger partial charge in [-0.05, 0) is 26.0 Å². The molecule has 13 heavy (non-hydrogen) atoms. The summed E-state index contributed by atoms with van der Waals surface area (Å²) in [7, 11) is 0. The largest absolute Gasteiger partial charge is 0.386 e. The Morgan fingerprint density at radius 2 is 1.85 bits per heavy atom. The van der Waals surface area contributed by atoms with E-state index in [0.29, 0.717) is 0 Å². The Hall–Kier alpha value is -0.610. The van der Waals surface area contributed by atoms with Crippen LogP contribution in [0.2, 0.25) is 0 Å². The Balaban J connectivity index is 3.43. The lowest BCUT2D eigenvalue weighted by molar-refractivity contribution is 0.0696. The van der Waals surface area contributed by atoms with Gasteiger partial charge in [0.15, 0.2) is 0 Å². The number of rotatable bonds is 1. The topological polar surface area (TPSA) is 20.2 Å². The van der Waals surface area contributed by atoms with Crippen molar-refractivity contribution in [2.75, 3.05) is 0 Å². The van der Waals surface area contributed by atoms with Crippen LogP contribution >= 0.6 is 12.6 Å². The number of hydrogen-bond acceptors (Lipinski definition) is 2. The number of halogens is 2. The van der Waals surface area contributed by atoms with Crippen LogP contribution in [0, 0.1) is 11.6 Å². The van der Waals surface area contributed by atoms with E-state index in [4.69, 9.17) is 0 Å². The molecule has 0 spiro atoms. The molecule has 1 aromatic carbocycles. The minimum Gasteiger partial charge on any atom is -0.386 e. The molecule has 0 aromatic heterocycles. The molecule has 4 heteroatoms. The second-order valence-electron chi connectivity index (χ2n) is 3.31. The molecular formula is C9H10F2OS. The van der Waals surface area contributed by atoms with Crippen LogP contribution in [-0.4, -0.2) is 5.11 Å². The predicted octanol–water partition coefficient (Wildman–Crippen LogP) is 2.48. The fourth-order valence-corrected chi connectivity index (χ4v) is 1.29. The monoisotopic (exact) mass is 204 g/mol. The molecule has 0 aliphatic rings. The molecule has 72 valence electrons. The third-order valence-corrected chi connectivity index (χ3v) is 2.03. The van der Waals surface area contributed by atoms with Gasteiger partial charge in [0.25, 0.3) is 0 Å². The third kappa shape index (κ3) is 2.00. The highest BCUT2D eigenvalue weighted by Gasteiger charge is 2.26. The molecule has 0 saturated carbocycles. The van der Waals surface area contributed by atoms with E-state index in [0.717, 1.165) is 6.07 Å². The van der Waals surface area contributed by atoms with Crippen molar-refractivity contribution < 1.29 is 13.9 Å². The van der Waals surface area contributed by atoms with E-state index in [9.17, 15) is 13.9 Å². The summed E-state index contributed by atoms with van der Waals surface area (Å²) in [5.74, 6) is -1.57. The molecule has 0 atom stereocenters. The fourth-order valence-electron chi connectivity index (χ4n) is 1.10. The van der Waals surface area contributed by atoms with Crippen molar-refractivity contribution in [1.29, 1.82) is 0 Å². The highest BCUT2D eigenvalue weighted by atomic mass is 32.1. The zero-order chi connectivity index (χ0) is 10.2. The minimum atomic E-state index is -1.53. The van der Waals surface area contributed by atoms with Gasteiger partial charge < -0.3 is 5.11 Å². The van der Waals surface area contributed by atoms with E-state index in [-0.39, 0.29) is 10.5 Å². The predicted molar refractivity (Wildman–Crippen MR) is 48.9 cm³/mol. The maximum Gasteiger partial charge on any atom is 0.145 e. The van der Waals surface area contributed by atoms with Crippen LogP contribution in [0.15, 0.2) is 17.0 Å². The van der Waals surface area contributed by atoms with Crippen LogP contribution in [0.4, 0.5) is 8.78 Å². The molecule has 1 N–H and O–H groups in total. The van der Waals surface area contributed by atoms with Crippen molar-refractivity contribution in [2.45, 2.75) is 24.3 Å². The average molecular weight is 204 g/mol. The molecule has 0 amide bonds. The highest BCUT2D eigenvalue weighted by Crippen LogP contribution is 2.28. The maximum atomic E-state index is 13.3. The lowest BCUT2D eigenvalue weighted by atomic mass is 9.97. The van der Waals surface area contributed by atoms with Gasteiger partial charge >= 0.3 is 0 Å². The van der Waals surface area contributed by atoms with Crippen molar-refractivity contribution in [1.82, 2.24) is 0 Å². The Kier molecular flexibility index (Phi) is 2.63. The Bertz CT molecular complexity index is 331. The lowest BCUT2D eigenvalue weighted by Crippen LogP contribution is -2.20. The van der Waals surface area contributed by atoms with Gasteiger partial charge in [0.05, 0.1) is 11.2 Å². The molecule has 0 heterocycles. The van der Waals surface area contributed by atoms with Gasteiger partial charge in [-0.2, -0.15) is 0 Å². The number of benzene rings is 1. The molecule has 0 saturated heterocycles. The first-order valence-electron chi connectivity index (χ1n) is 3.74. The number of aliphatic hydroxyl groups is 1. The van der Waals surface area contributed by atoms with Crippen LogP contribution < -0.4 is 0 Å². The summed E-state index contributed by atoms with van der Waals surface area (Å²) >= 11 is 3.79. The van der Waals surface area contributed by atoms with Gasteiger partial charge in [-0.15, -0.1) is 12.6 Å². The molecule has 0 radical (unpaired) electrons. The third-order valence-electron chi connectivity index (χ3n) is 1.68. The molecule has 1 aromatic rings. The second-order valence-corrected chi connectivity index (χ2v) is 3.80. The van der Waals surface area contributed by atoms with E-state index in [2.05, 4.69) is 12.6 Å². The van der Waals surface area contributed by atoms with Crippen LogP contribution in [-0.2, 0) is 5.60 Å². The zero-order valence-corrected chi connectivity index (χ0v) is 8.20. The lowest BCUT2D eigenvalue weighted by Gasteiger charge is -2.19. The fraction of sp³-hybridized carbons (Fsp3) is 0.333. The van der Waals surface area contributed by atoms with Crippen molar-refractivity contribution >= 4 is 12.6 Å². The van der Waals surface area contributed by atoms with Gasteiger partial charge in [-0.3, -0.25) is 0 Å². The Morgan fingerprint density at radius 3 is 2.23 bits per heavy atom. The summed E-state index contributed by atoms with van der Waals surface area (Å²) in [5.41, 5.74) is -1.88. The van der Waals surface area contributed by atoms with Crippen molar-refractivity contribution in [3.63, 3.8) is 0 Å². The molecule has 0 bridgehead atoms. The van der Waals surface area contributed by atoms with Gasteiger partial charge in [-0.1, -0.05) is 0 Å². The SMILES string of the molecule is CC(C)(O)c1c(F)ccc(S)c1F. The molecule has 1 nitrogen and oxygen atoms in total. The van der Waals surface area contributed by atoms with Crippen LogP contribution in [0.1, 0.15) is 19.4 Å². The second kappa shape index (κ2) is 3.27. The summed E-state index contributed by atoms with van der Waals surface area (Å²) in [5, 5.41) is 9.46. The van der Waals surface area contributed by atoms with Crippen LogP contribution in [0.25, 0.3) is 0 Å². The van der Waals surface area contributed by atoms with E-state index in [1.54, 1.807) is 0 Å². The van der Waals surface area contributed by atoms with E-state index in [1.165, 1.54) is 19.9 Å². The van der Waals surface area contributed by atoms with E-state index in [1.807, 2.05) is 0 Å². The summed E-state index contributed by atoms with van der Waals surface area (Å²) in [6, 6.07) is 2.29. The van der Waals surface area contributed by atoms with Gasteiger partial charge in [0, 0.05) is 4.90 Å². The molecule has 0 aliphatic carbocycles. The standard InChI is InChI=1S/C9H10F2OS/c1-9(2,12)7-5(10)3-4-6(13)8(7)11/h3-4,12-13H,1-2H3. The van der Waals surface area contributed by atoms with E-state index < -0.39 is 17.2 Å². The van der Waals surface area contributed by atoms with E-state index >= 15 is 0 Å². The quantitative estimate of drug-likeness (QED) is 0.673. The molecule has 1 rings (SSSR count). The van der Waals surface area contributed by atoms with Gasteiger partial charge in [-0.25, -0.2) is 8.78 Å². The first-order valence-corrected chi connectivity index (χ1v) is 4.18. The zero-order valence-electron chi connectivity index (χ0n) is 7.31. The minimum absolute atomic E-state index is 0.0264. The smallest absolute Gasteiger partial charge is 0.145 e. The number of hydrogen-bond donors (Lipinski definition) is 2. The maximum absolute atomic E-state index is 13.3. The van der Waals surface area contributed by atoms with Gasteiger partial charge in [0.2, 0.25) is 0 Å². The molecule has 0 fully saturated rings. The Labute approximate surface area is 80.8 Å². The Morgan fingerprint density at radius 1 is 1.31 bits per heavy atom. The first-order chi connectivity index (χ1) is 5.84. The summed E-state index contributed by atoms with van der Waals surface area (Å²) in [4.78, 5) is 0.0264. The summed E-state index contributed by atoms with van der Waals surface area (Å²) in [6.07, 6.45) is 0. The highest BCUT2D eigenvalue weighted by molar-refractivity contribution is 7.80. The van der Waals surface area contributed by atoms with Crippen molar-refractivity contribution in [3.8, 4) is 0 Å².